The highest BCUT2D eigenvalue weighted by Gasteiger charge is 2.33. The van der Waals surface area contributed by atoms with Crippen molar-refractivity contribution in [1.82, 2.24) is 16.0 Å². The number of piperidine rings is 1. The highest BCUT2D eigenvalue weighted by atomic mass is 16.3. The van der Waals surface area contributed by atoms with Gasteiger partial charge in [0.05, 0.1) is 18.1 Å². The van der Waals surface area contributed by atoms with Crippen LogP contribution >= 0.6 is 0 Å². The summed E-state index contributed by atoms with van der Waals surface area (Å²) in [6.07, 6.45) is 0.689. The van der Waals surface area contributed by atoms with Crippen LogP contribution in [0.4, 0.5) is 0 Å². The second-order valence-corrected chi connectivity index (χ2v) is 8.67. The first-order valence-corrected chi connectivity index (χ1v) is 10.3. The van der Waals surface area contributed by atoms with E-state index in [1.54, 1.807) is 13.8 Å². The van der Waals surface area contributed by atoms with Gasteiger partial charge in [0.2, 0.25) is 11.8 Å². The molecule has 0 saturated carbocycles. The summed E-state index contributed by atoms with van der Waals surface area (Å²) in [7, 11) is 0. The summed E-state index contributed by atoms with van der Waals surface area (Å²) in [5.74, 6) is -0.616. The van der Waals surface area contributed by atoms with Crippen LogP contribution in [0.1, 0.15) is 47.5 Å². The van der Waals surface area contributed by atoms with Crippen LogP contribution in [0.2, 0.25) is 0 Å². The molecule has 0 aromatic rings. The molecule has 0 bridgehead atoms. The summed E-state index contributed by atoms with van der Waals surface area (Å²) >= 11 is 0. The molecule has 0 aliphatic carbocycles. The number of rotatable bonds is 10. The lowest BCUT2D eigenvalue weighted by molar-refractivity contribution is -0.135. The Morgan fingerprint density at radius 3 is 2.25 bits per heavy atom. The zero-order chi connectivity index (χ0) is 21.4. The zero-order valence-corrected chi connectivity index (χ0v) is 17.8. The summed E-state index contributed by atoms with van der Waals surface area (Å²) in [4.78, 5) is 37.5. The first-order valence-electron chi connectivity index (χ1n) is 10.3. The molecule has 0 aromatic carbocycles. The standard InChI is InChI=1S/C20H38N4O4/c1-11(2)6-14-7-15(10-22-9-14)19(27)24-17(13(5)25)20(28)23-16(8-21)18(26)12(3)4/h11-17,22,25H,6-10,21H2,1-5H3,(H,23,28)(H,24,27)/t13-,14?,15?,16-,17-/m0/s1. The fourth-order valence-corrected chi connectivity index (χ4v) is 3.66. The largest absolute Gasteiger partial charge is 0.391 e. The zero-order valence-electron chi connectivity index (χ0n) is 17.8. The Hall–Kier alpha value is -1.51. The Morgan fingerprint density at radius 1 is 1.11 bits per heavy atom. The first-order chi connectivity index (χ1) is 13.1. The summed E-state index contributed by atoms with van der Waals surface area (Å²) in [5.41, 5.74) is 5.62. The smallest absolute Gasteiger partial charge is 0.245 e. The predicted molar refractivity (Wildman–Crippen MR) is 108 cm³/mol. The third-order valence-corrected chi connectivity index (χ3v) is 5.14. The molecule has 6 N–H and O–H groups in total. The molecule has 0 radical (unpaired) electrons. The molecule has 162 valence electrons. The molecular weight excluding hydrogens is 360 g/mol. The monoisotopic (exact) mass is 398 g/mol. The average Bonchev–Trinajstić information content (AvgIpc) is 2.62. The molecule has 0 aromatic heterocycles. The Morgan fingerprint density at radius 2 is 1.75 bits per heavy atom. The molecule has 8 nitrogen and oxygen atoms in total. The maximum atomic E-state index is 12.7. The van der Waals surface area contributed by atoms with E-state index in [1.807, 2.05) is 0 Å². The highest BCUT2D eigenvalue weighted by molar-refractivity contribution is 5.94. The van der Waals surface area contributed by atoms with E-state index in [0.717, 1.165) is 19.4 Å². The van der Waals surface area contributed by atoms with Crippen molar-refractivity contribution in [3.05, 3.63) is 0 Å². The molecule has 1 heterocycles. The number of carbonyl (C=O) groups excluding carboxylic acids is 3. The predicted octanol–water partition coefficient (Wildman–Crippen LogP) is -0.208. The van der Waals surface area contributed by atoms with Gasteiger partial charge in [-0.25, -0.2) is 0 Å². The SMILES string of the molecule is CC(C)CC1CNCC(C(=O)N[C@H](C(=O)N[C@@H](CN)C(=O)C(C)C)[C@H](C)O)C1. The lowest BCUT2D eigenvalue weighted by Crippen LogP contribution is -2.59. The molecule has 1 saturated heterocycles. The number of hydrogen-bond acceptors (Lipinski definition) is 6. The number of nitrogens with one attached hydrogen (secondary N) is 3. The molecule has 5 atom stereocenters. The van der Waals surface area contributed by atoms with Gasteiger partial charge in [-0.1, -0.05) is 27.7 Å². The van der Waals surface area contributed by atoms with Crippen LogP contribution in [0, 0.1) is 23.7 Å². The maximum absolute atomic E-state index is 12.7. The van der Waals surface area contributed by atoms with E-state index < -0.39 is 24.1 Å². The minimum absolute atomic E-state index is 0.0351. The lowest BCUT2D eigenvalue weighted by atomic mass is 9.84. The molecule has 1 aliphatic rings. The van der Waals surface area contributed by atoms with Gasteiger partial charge >= 0.3 is 0 Å². The van der Waals surface area contributed by atoms with Crippen molar-refractivity contribution in [2.75, 3.05) is 19.6 Å². The van der Waals surface area contributed by atoms with Crippen LogP contribution in [-0.4, -0.2) is 60.5 Å². The number of ketones is 1. The molecule has 1 rings (SSSR count). The second-order valence-electron chi connectivity index (χ2n) is 8.67. The van der Waals surface area contributed by atoms with Crippen molar-refractivity contribution in [3.63, 3.8) is 0 Å². The van der Waals surface area contributed by atoms with E-state index in [0.29, 0.717) is 18.4 Å². The van der Waals surface area contributed by atoms with Gasteiger partial charge in [-0.15, -0.1) is 0 Å². The average molecular weight is 399 g/mol. The van der Waals surface area contributed by atoms with E-state index in [4.69, 9.17) is 5.73 Å². The number of aliphatic hydroxyl groups is 1. The molecule has 0 spiro atoms. The van der Waals surface area contributed by atoms with E-state index in [1.165, 1.54) is 6.92 Å². The van der Waals surface area contributed by atoms with Gasteiger partial charge in [-0.2, -0.15) is 0 Å². The normalized spacial score (nSPS) is 23.2. The third kappa shape index (κ3) is 7.48. The fraction of sp³-hybridized carbons (Fsp3) is 0.850. The third-order valence-electron chi connectivity index (χ3n) is 5.14. The lowest BCUT2D eigenvalue weighted by Gasteiger charge is -2.32. The second kappa shape index (κ2) is 11.5. The van der Waals surface area contributed by atoms with Crippen molar-refractivity contribution in [3.8, 4) is 0 Å². The van der Waals surface area contributed by atoms with Crippen molar-refractivity contribution >= 4 is 17.6 Å². The number of carbonyl (C=O) groups is 3. The van der Waals surface area contributed by atoms with Gasteiger partial charge in [0.1, 0.15) is 6.04 Å². The van der Waals surface area contributed by atoms with Crippen LogP contribution < -0.4 is 21.7 Å². The van der Waals surface area contributed by atoms with Crippen LogP contribution in [0.5, 0.6) is 0 Å². The summed E-state index contributed by atoms with van der Waals surface area (Å²) < 4.78 is 0. The Balaban J connectivity index is 2.73. The van der Waals surface area contributed by atoms with Gasteiger partial charge in [-0.3, -0.25) is 14.4 Å². The Kier molecular flexibility index (Phi) is 10.1. The summed E-state index contributed by atoms with van der Waals surface area (Å²) in [6, 6.07) is -1.97. The summed E-state index contributed by atoms with van der Waals surface area (Å²) in [5, 5.41) is 18.5. The number of hydrogen-bond donors (Lipinski definition) is 5. The van der Waals surface area contributed by atoms with Gasteiger partial charge in [-0.05, 0) is 38.1 Å². The van der Waals surface area contributed by atoms with E-state index >= 15 is 0 Å². The molecule has 2 unspecified atom stereocenters. The van der Waals surface area contributed by atoms with Crippen LogP contribution in [-0.2, 0) is 14.4 Å². The highest BCUT2D eigenvalue weighted by Crippen LogP contribution is 2.23. The first kappa shape index (κ1) is 24.5. The molecular formula is C20H38N4O4. The molecule has 28 heavy (non-hydrogen) atoms. The van der Waals surface area contributed by atoms with Crippen molar-refractivity contribution in [1.29, 1.82) is 0 Å². The summed E-state index contributed by atoms with van der Waals surface area (Å²) in [6.45, 7) is 10.6. The van der Waals surface area contributed by atoms with Gasteiger partial charge in [0, 0.05) is 19.0 Å². The van der Waals surface area contributed by atoms with Crippen molar-refractivity contribution in [2.45, 2.75) is 65.6 Å². The molecule has 1 aliphatic heterocycles. The van der Waals surface area contributed by atoms with E-state index in [-0.39, 0.29) is 30.1 Å². The molecule has 2 amide bonds. The van der Waals surface area contributed by atoms with Gasteiger partial charge < -0.3 is 26.8 Å². The van der Waals surface area contributed by atoms with Crippen molar-refractivity contribution in [2.24, 2.45) is 29.4 Å². The maximum Gasteiger partial charge on any atom is 0.245 e. The minimum Gasteiger partial charge on any atom is -0.391 e. The van der Waals surface area contributed by atoms with Crippen LogP contribution in [0.3, 0.4) is 0 Å². The minimum atomic E-state index is -1.13. The Labute approximate surface area is 168 Å². The quantitative estimate of drug-likeness (QED) is 0.346. The van der Waals surface area contributed by atoms with E-state index in [2.05, 4.69) is 29.8 Å². The molecule has 8 heteroatoms. The van der Waals surface area contributed by atoms with Crippen LogP contribution in [0.15, 0.2) is 0 Å². The van der Waals surface area contributed by atoms with E-state index in [9.17, 15) is 19.5 Å². The Bertz CT molecular complexity index is 536. The number of Topliss-reactive ketones (excluding diaryl/α,β-unsaturated/α-hetero) is 1. The number of nitrogens with two attached hydrogens (primary N) is 1. The topological polar surface area (TPSA) is 134 Å². The molecule has 1 fully saturated rings. The number of amides is 2. The van der Waals surface area contributed by atoms with Gasteiger partial charge in [0.25, 0.3) is 0 Å². The van der Waals surface area contributed by atoms with Crippen molar-refractivity contribution < 1.29 is 19.5 Å². The van der Waals surface area contributed by atoms with Gasteiger partial charge in [0.15, 0.2) is 5.78 Å². The number of aliphatic hydroxyl groups excluding tert-OH is 1. The fourth-order valence-electron chi connectivity index (χ4n) is 3.66. The van der Waals surface area contributed by atoms with Crippen LogP contribution in [0.25, 0.3) is 0 Å².